The number of ether oxygens (including phenoxy) is 1. The summed E-state index contributed by atoms with van der Waals surface area (Å²) in [6.07, 6.45) is -9.69. The van der Waals surface area contributed by atoms with Crippen molar-refractivity contribution in [3.63, 3.8) is 0 Å². The Balaban J connectivity index is 1.72. The molecule has 1 fully saturated rings. The van der Waals surface area contributed by atoms with Crippen LogP contribution in [0, 0.1) is 0 Å². The van der Waals surface area contributed by atoms with Gasteiger partial charge in [-0.25, -0.2) is 0 Å². The van der Waals surface area contributed by atoms with Crippen molar-refractivity contribution in [1.29, 1.82) is 0 Å². The summed E-state index contributed by atoms with van der Waals surface area (Å²) in [5, 5.41) is 0. The topological polar surface area (TPSA) is 12.5 Å². The Morgan fingerprint density at radius 1 is 0.565 bits per heavy atom. The van der Waals surface area contributed by atoms with Gasteiger partial charge in [-0.05, 0) is 35.4 Å². The summed E-state index contributed by atoms with van der Waals surface area (Å²) in [7, 11) is 0. The highest BCUT2D eigenvalue weighted by Crippen LogP contribution is 2.51. The van der Waals surface area contributed by atoms with E-state index in [0.29, 0.717) is 11.1 Å². The Morgan fingerprint density at radius 3 is 1.13 bits per heavy atom. The lowest BCUT2D eigenvalue weighted by Gasteiger charge is -2.07. The molecule has 0 unspecified atom stereocenters. The number of halogens is 6. The van der Waals surface area contributed by atoms with Gasteiger partial charge in [0.1, 0.15) is 12.2 Å². The van der Waals surface area contributed by atoms with Crippen molar-refractivity contribution < 1.29 is 31.1 Å². The van der Waals surface area contributed by atoms with E-state index in [4.69, 9.17) is 4.74 Å². The highest BCUT2D eigenvalue weighted by atomic mass is 19.4. The molecule has 0 spiro atoms. The third kappa shape index (κ3) is 3.34. The molecule has 0 aromatic heterocycles. The van der Waals surface area contributed by atoms with Gasteiger partial charge in [0.15, 0.2) is 0 Å². The fourth-order valence-corrected chi connectivity index (χ4v) is 2.34. The van der Waals surface area contributed by atoms with E-state index >= 15 is 0 Å². The van der Waals surface area contributed by atoms with Crippen molar-refractivity contribution in [1.82, 2.24) is 0 Å². The van der Waals surface area contributed by atoms with Gasteiger partial charge in [-0.3, -0.25) is 0 Å². The van der Waals surface area contributed by atoms with E-state index in [2.05, 4.69) is 0 Å². The Hall–Kier alpha value is -2.02. The van der Waals surface area contributed by atoms with Crippen molar-refractivity contribution >= 4 is 0 Å². The molecule has 0 saturated carbocycles. The summed E-state index contributed by atoms with van der Waals surface area (Å²) in [5.74, 6) is 0. The minimum atomic E-state index is -4.41. The summed E-state index contributed by atoms with van der Waals surface area (Å²) < 4.78 is 80.3. The molecule has 7 heteroatoms. The monoisotopic (exact) mass is 332 g/mol. The summed E-state index contributed by atoms with van der Waals surface area (Å²) in [5.41, 5.74) is -0.397. The number of hydrogen-bond donors (Lipinski definition) is 0. The van der Waals surface area contributed by atoms with Crippen molar-refractivity contribution in [3.05, 3.63) is 70.8 Å². The van der Waals surface area contributed by atoms with Gasteiger partial charge in [-0.2, -0.15) is 26.3 Å². The smallest absolute Gasteiger partial charge is 0.359 e. The average molecular weight is 332 g/mol. The van der Waals surface area contributed by atoms with Gasteiger partial charge in [-0.1, -0.05) is 24.3 Å². The van der Waals surface area contributed by atoms with Crippen LogP contribution < -0.4 is 0 Å². The Kier molecular flexibility index (Phi) is 3.63. The third-order valence-corrected chi connectivity index (χ3v) is 3.62. The van der Waals surface area contributed by atoms with Crippen LogP contribution in [0.4, 0.5) is 26.3 Å². The molecule has 2 atom stereocenters. The molecule has 23 heavy (non-hydrogen) atoms. The van der Waals surface area contributed by atoms with Crippen LogP contribution in [0.2, 0.25) is 0 Å². The molecule has 0 amide bonds. The van der Waals surface area contributed by atoms with Crippen LogP contribution in [0.25, 0.3) is 0 Å². The summed E-state index contributed by atoms with van der Waals surface area (Å²) >= 11 is 0. The van der Waals surface area contributed by atoms with E-state index < -0.39 is 35.7 Å². The quantitative estimate of drug-likeness (QED) is 0.520. The molecule has 0 aliphatic carbocycles. The Labute approximate surface area is 127 Å². The molecule has 0 N–H and O–H groups in total. The molecule has 2 aromatic rings. The normalized spacial score (nSPS) is 21.3. The molecule has 1 aliphatic rings. The second kappa shape index (κ2) is 5.26. The molecule has 1 saturated heterocycles. The van der Waals surface area contributed by atoms with E-state index in [9.17, 15) is 26.3 Å². The first-order valence-corrected chi connectivity index (χ1v) is 6.66. The molecular weight excluding hydrogens is 322 g/mol. The summed E-state index contributed by atoms with van der Waals surface area (Å²) in [4.78, 5) is 0. The molecule has 1 aliphatic heterocycles. The Bertz CT molecular complexity index is 623. The molecule has 1 nitrogen and oxygen atoms in total. The zero-order valence-corrected chi connectivity index (χ0v) is 11.4. The van der Waals surface area contributed by atoms with E-state index in [1.807, 2.05) is 0 Å². The van der Waals surface area contributed by atoms with E-state index in [1.54, 1.807) is 0 Å². The van der Waals surface area contributed by atoms with Crippen LogP contribution in [0.15, 0.2) is 48.5 Å². The fourth-order valence-electron chi connectivity index (χ4n) is 2.34. The predicted molar refractivity (Wildman–Crippen MR) is 69.5 cm³/mol. The lowest BCUT2D eigenvalue weighted by atomic mass is 10.0. The minimum absolute atomic E-state index is 0.436. The van der Waals surface area contributed by atoms with Crippen LogP contribution in [-0.4, -0.2) is 0 Å². The second-order valence-electron chi connectivity index (χ2n) is 5.22. The standard InChI is InChI=1S/C16H10F6O/c17-15(18,19)11-5-1-9(2-6-11)13-14(23-13)10-3-7-12(8-4-10)16(20,21)22/h1-8,13-14H/t13-,14-/m0/s1. The highest BCUT2D eigenvalue weighted by Gasteiger charge is 2.42. The lowest BCUT2D eigenvalue weighted by molar-refractivity contribution is -0.138. The van der Waals surface area contributed by atoms with Crippen molar-refractivity contribution in [2.45, 2.75) is 24.6 Å². The molecule has 3 rings (SSSR count). The summed E-state index contributed by atoms with van der Waals surface area (Å²) in [6.45, 7) is 0. The first-order valence-electron chi connectivity index (χ1n) is 6.66. The van der Waals surface area contributed by atoms with Gasteiger partial charge >= 0.3 is 12.4 Å². The maximum Gasteiger partial charge on any atom is 0.416 e. The number of benzene rings is 2. The SMILES string of the molecule is FC(F)(F)c1ccc([C@@H]2O[C@H]2c2ccc(C(F)(F)F)cc2)cc1. The van der Waals surface area contributed by atoms with Crippen molar-refractivity contribution in [2.75, 3.05) is 0 Å². The number of alkyl halides is 6. The zero-order valence-electron chi connectivity index (χ0n) is 11.4. The van der Waals surface area contributed by atoms with Gasteiger partial charge in [0.05, 0.1) is 11.1 Å². The molecule has 122 valence electrons. The van der Waals surface area contributed by atoms with E-state index in [1.165, 1.54) is 24.3 Å². The van der Waals surface area contributed by atoms with Crippen LogP contribution in [0.3, 0.4) is 0 Å². The summed E-state index contributed by atoms with van der Waals surface area (Å²) in [6, 6.07) is 9.10. The number of rotatable bonds is 2. The van der Waals surface area contributed by atoms with Crippen molar-refractivity contribution in [2.24, 2.45) is 0 Å². The molecule has 2 aromatic carbocycles. The number of epoxide rings is 1. The highest BCUT2D eigenvalue weighted by molar-refractivity contribution is 5.34. The molecular formula is C16H10F6O. The van der Waals surface area contributed by atoms with E-state index in [0.717, 1.165) is 24.3 Å². The van der Waals surface area contributed by atoms with Gasteiger partial charge in [-0.15, -0.1) is 0 Å². The average Bonchev–Trinajstić information content (AvgIpc) is 3.26. The Morgan fingerprint density at radius 2 is 0.870 bits per heavy atom. The van der Waals surface area contributed by atoms with Gasteiger partial charge in [0.2, 0.25) is 0 Å². The van der Waals surface area contributed by atoms with Crippen molar-refractivity contribution in [3.8, 4) is 0 Å². The lowest BCUT2D eigenvalue weighted by Crippen LogP contribution is -2.04. The first kappa shape index (κ1) is 15.9. The van der Waals surface area contributed by atoms with Gasteiger partial charge in [0.25, 0.3) is 0 Å². The maximum absolute atomic E-state index is 12.5. The van der Waals surface area contributed by atoms with Crippen LogP contribution in [0.5, 0.6) is 0 Å². The van der Waals surface area contributed by atoms with Crippen LogP contribution >= 0.6 is 0 Å². The first-order chi connectivity index (χ1) is 10.7. The fraction of sp³-hybridized carbons (Fsp3) is 0.250. The predicted octanol–water partition coefficient (Wildman–Crippen LogP) is 5.54. The molecule has 1 heterocycles. The van der Waals surface area contributed by atoms with Gasteiger partial charge < -0.3 is 4.74 Å². The minimum Gasteiger partial charge on any atom is -0.359 e. The maximum atomic E-state index is 12.5. The molecule has 0 radical (unpaired) electrons. The van der Waals surface area contributed by atoms with E-state index in [-0.39, 0.29) is 0 Å². The van der Waals surface area contributed by atoms with Crippen LogP contribution in [0.1, 0.15) is 34.5 Å². The van der Waals surface area contributed by atoms with Gasteiger partial charge in [0, 0.05) is 0 Å². The number of hydrogen-bond acceptors (Lipinski definition) is 1. The van der Waals surface area contributed by atoms with Crippen LogP contribution in [-0.2, 0) is 17.1 Å². The second-order valence-corrected chi connectivity index (χ2v) is 5.22. The molecule has 0 bridgehead atoms. The third-order valence-electron chi connectivity index (χ3n) is 3.62. The zero-order chi connectivity index (χ0) is 16.8. The largest absolute Gasteiger partial charge is 0.416 e.